The largest absolute Gasteiger partial charge is 0.326 e. The van der Waals surface area contributed by atoms with E-state index >= 15 is 0 Å². The van der Waals surface area contributed by atoms with Crippen LogP contribution >= 0.6 is 11.8 Å². The third-order valence-electron chi connectivity index (χ3n) is 5.65. The fourth-order valence-corrected chi connectivity index (χ4v) is 4.60. The quantitative estimate of drug-likeness (QED) is 0.518. The number of hydrogen-bond donors (Lipinski definition) is 1. The van der Waals surface area contributed by atoms with E-state index in [1.54, 1.807) is 4.90 Å². The van der Waals surface area contributed by atoms with Crippen LogP contribution in [0.15, 0.2) is 59.8 Å². The van der Waals surface area contributed by atoms with Gasteiger partial charge in [-0.25, -0.2) is 9.67 Å². The van der Waals surface area contributed by atoms with Crippen LogP contribution in [0.1, 0.15) is 43.8 Å². The van der Waals surface area contributed by atoms with Crippen molar-refractivity contribution in [1.82, 2.24) is 14.8 Å². The lowest BCUT2D eigenvalue weighted by atomic mass is 10.2. The van der Waals surface area contributed by atoms with Crippen LogP contribution in [0.2, 0.25) is 0 Å². The second-order valence-corrected chi connectivity index (χ2v) is 9.18. The summed E-state index contributed by atoms with van der Waals surface area (Å²) in [6.07, 6.45) is 4.19. The normalized spacial score (nSPS) is 15.9. The maximum Gasteiger partial charge on any atom is 0.227 e. The third kappa shape index (κ3) is 4.70. The Morgan fingerprint density at radius 1 is 1.06 bits per heavy atom. The zero-order valence-electron chi connectivity index (χ0n) is 17.7. The fraction of sp³-hybridized carbons (Fsp3) is 0.333. The number of thioether (sulfide) groups is 1. The molecular weight excluding hydrogens is 422 g/mol. The first-order chi connectivity index (χ1) is 15.7. The van der Waals surface area contributed by atoms with Gasteiger partial charge in [0.15, 0.2) is 0 Å². The first kappa shape index (κ1) is 20.8. The second kappa shape index (κ2) is 9.16. The lowest BCUT2D eigenvalue weighted by Crippen LogP contribution is -2.23. The van der Waals surface area contributed by atoms with Crippen LogP contribution in [0.25, 0.3) is 5.69 Å². The van der Waals surface area contributed by atoms with E-state index in [-0.39, 0.29) is 11.8 Å². The van der Waals surface area contributed by atoms with Crippen LogP contribution in [0, 0.1) is 0 Å². The predicted octanol–water partition coefficient (Wildman–Crippen LogP) is 4.39. The van der Waals surface area contributed by atoms with Gasteiger partial charge in [-0.05, 0) is 55.7 Å². The number of nitrogens with one attached hydrogen (secondary N) is 1. The zero-order valence-corrected chi connectivity index (χ0v) is 18.6. The number of amides is 2. The Labute approximate surface area is 191 Å². The SMILES string of the molecule is O=C(CCSc1nc(C2CC2)n(-c2ccccc2)n1)Nc1ccc(N2CCCC2=O)cc1. The summed E-state index contributed by atoms with van der Waals surface area (Å²) >= 11 is 1.51. The van der Waals surface area contributed by atoms with Crippen LogP contribution in [0.3, 0.4) is 0 Å². The summed E-state index contributed by atoms with van der Waals surface area (Å²) in [5.74, 6) is 2.22. The molecule has 0 bridgehead atoms. The molecule has 0 spiro atoms. The first-order valence-electron chi connectivity index (χ1n) is 11.0. The Balaban J connectivity index is 1.15. The number of benzene rings is 2. The highest BCUT2D eigenvalue weighted by Crippen LogP contribution is 2.40. The minimum absolute atomic E-state index is 0.0487. The Morgan fingerprint density at radius 2 is 1.84 bits per heavy atom. The molecule has 0 atom stereocenters. The smallest absolute Gasteiger partial charge is 0.227 e. The molecule has 1 aliphatic carbocycles. The zero-order chi connectivity index (χ0) is 21.9. The van der Waals surface area contributed by atoms with Gasteiger partial charge >= 0.3 is 0 Å². The summed E-state index contributed by atoms with van der Waals surface area (Å²) in [4.78, 5) is 30.8. The molecule has 5 rings (SSSR count). The molecule has 1 aliphatic heterocycles. The number of anilines is 2. The number of carbonyl (C=O) groups is 2. The maximum absolute atomic E-state index is 12.4. The summed E-state index contributed by atoms with van der Waals surface area (Å²) in [6.45, 7) is 0.762. The number of carbonyl (C=O) groups excluding carboxylic acids is 2. The van der Waals surface area contributed by atoms with Gasteiger partial charge in [0, 0.05) is 42.4 Å². The fourth-order valence-electron chi connectivity index (χ4n) is 3.83. The number of nitrogens with zero attached hydrogens (tertiary/aromatic N) is 4. The highest BCUT2D eigenvalue weighted by atomic mass is 32.2. The van der Waals surface area contributed by atoms with Crippen molar-refractivity contribution in [1.29, 1.82) is 0 Å². The average Bonchev–Trinajstić information content (AvgIpc) is 3.43. The molecule has 164 valence electrons. The molecule has 1 saturated carbocycles. The highest BCUT2D eigenvalue weighted by molar-refractivity contribution is 7.99. The summed E-state index contributed by atoms with van der Waals surface area (Å²) in [5.41, 5.74) is 2.64. The van der Waals surface area contributed by atoms with E-state index < -0.39 is 0 Å². The third-order valence-corrected chi connectivity index (χ3v) is 6.49. The van der Waals surface area contributed by atoms with Crippen LogP contribution in [0.4, 0.5) is 11.4 Å². The van der Waals surface area contributed by atoms with Gasteiger partial charge in [0.05, 0.1) is 5.69 Å². The van der Waals surface area contributed by atoms with Crippen LogP contribution in [-0.4, -0.2) is 38.9 Å². The van der Waals surface area contributed by atoms with Crippen molar-refractivity contribution in [2.24, 2.45) is 0 Å². The Morgan fingerprint density at radius 3 is 2.53 bits per heavy atom. The molecule has 8 heteroatoms. The van der Waals surface area contributed by atoms with Gasteiger partial charge in [0.2, 0.25) is 17.0 Å². The van der Waals surface area contributed by atoms with E-state index in [2.05, 4.69) is 10.4 Å². The van der Waals surface area contributed by atoms with Crippen molar-refractivity contribution in [3.8, 4) is 5.69 Å². The van der Waals surface area contributed by atoms with Gasteiger partial charge in [-0.1, -0.05) is 30.0 Å². The van der Waals surface area contributed by atoms with Gasteiger partial charge in [-0.2, -0.15) is 0 Å². The average molecular weight is 448 g/mol. The minimum Gasteiger partial charge on any atom is -0.326 e. The molecule has 1 N–H and O–H groups in total. The van der Waals surface area contributed by atoms with E-state index in [9.17, 15) is 9.59 Å². The lowest BCUT2D eigenvalue weighted by Gasteiger charge is -2.16. The van der Waals surface area contributed by atoms with Gasteiger partial charge < -0.3 is 10.2 Å². The molecular formula is C24H25N5O2S. The summed E-state index contributed by atoms with van der Waals surface area (Å²) in [7, 11) is 0. The summed E-state index contributed by atoms with van der Waals surface area (Å²) in [6, 6.07) is 17.5. The molecule has 1 saturated heterocycles. The van der Waals surface area contributed by atoms with Crippen LogP contribution in [0.5, 0.6) is 0 Å². The second-order valence-electron chi connectivity index (χ2n) is 8.12. The van der Waals surface area contributed by atoms with Gasteiger partial charge in [-0.3, -0.25) is 9.59 Å². The Kier molecular flexibility index (Phi) is 5.94. The molecule has 1 aromatic heterocycles. The summed E-state index contributed by atoms with van der Waals surface area (Å²) in [5, 5.41) is 8.32. The number of rotatable bonds is 8. The molecule has 2 amide bonds. The standard InChI is InChI=1S/C24H25N5O2S/c30-21(25-18-10-12-19(13-11-18)28-15-4-7-22(28)31)14-16-32-24-26-23(17-8-9-17)29(27-24)20-5-2-1-3-6-20/h1-3,5-6,10-13,17H,4,7-9,14-16H2,(H,25,30). The monoisotopic (exact) mass is 447 g/mol. The number of hydrogen-bond acceptors (Lipinski definition) is 5. The molecule has 2 fully saturated rings. The van der Waals surface area contributed by atoms with E-state index in [1.807, 2.05) is 59.3 Å². The van der Waals surface area contributed by atoms with Crippen LogP contribution in [-0.2, 0) is 9.59 Å². The van der Waals surface area contributed by atoms with Crippen molar-refractivity contribution in [3.05, 3.63) is 60.4 Å². The molecule has 2 heterocycles. The topological polar surface area (TPSA) is 80.1 Å². The molecule has 2 aromatic carbocycles. The molecule has 7 nitrogen and oxygen atoms in total. The van der Waals surface area contributed by atoms with Crippen molar-refractivity contribution < 1.29 is 9.59 Å². The van der Waals surface area contributed by atoms with E-state index in [0.717, 1.165) is 48.7 Å². The Bertz CT molecular complexity index is 1110. The molecule has 3 aromatic rings. The van der Waals surface area contributed by atoms with Gasteiger partial charge in [0.25, 0.3) is 0 Å². The van der Waals surface area contributed by atoms with Crippen LogP contribution < -0.4 is 10.2 Å². The van der Waals surface area contributed by atoms with Crippen molar-refractivity contribution in [3.63, 3.8) is 0 Å². The summed E-state index contributed by atoms with van der Waals surface area (Å²) < 4.78 is 1.94. The van der Waals surface area contributed by atoms with Gasteiger partial charge in [0.1, 0.15) is 5.82 Å². The first-order valence-corrected chi connectivity index (χ1v) is 12.0. The molecule has 2 aliphatic rings. The van der Waals surface area contributed by atoms with E-state index in [0.29, 0.717) is 29.7 Å². The van der Waals surface area contributed by atoms with Gasteiger partial charge in [-0.15, -0.1) is 5.10 Å². The number of aromatic nitrogens is 3. The molecule has 0 radical (unpaired) electrons. The van der Waals surface area contributed by atoms with Crippen molar-refractivity contribution in [2.75, 3.05) is 22.5 Å². The highest BCUT2D eigenvalue weighted by Gasteiger charge is 2.30. The van der Waals surface area contributed by atoms with Crippen molar-refractivity contribution >= 4 is 35.0 Å². The predicted molar refractivity (Wildman–Crippen MR) is 125 cm³/mol. The van der Waals surface area contributed by atoms with E-state index in [1.165, 1.54) is 11.8 Å². The number of para-hydroxylation sites is 1. The van der Waals surface area contributed by atoms with E-state index in [4.69, 9.17) is 4.98 Å². The minimum atomic E-state index is -0.0487. The lowest BCUT2D eigenvalue weighted by molar-refractivity contribution is -0.117. The molecule has 32 heavy (non-hydrogen) atoms. The van der Waals surface area contributed by atoms with Crippen molar-refractivity contribution in [2.45, 2.75) is 43.2 Å². The Hall–Kier alpha value is -3.13. The maximum atomic E-state index is 12.4. The molecule has 0 unspecified atom stereocenters.